The lowest BCUT2D eigenvalue weighted by molar-refractivity contribution is -0.121. The molecule has 1 atom stereocenters. The summed E-state index contributed by atoms with van der Waals surface area (Å²) in [6.07, 6.45) is 1.05. The Morgan fingerprint density at radius 3 is 2.75 bits per heavy atom. The maximum atomic E-state index is 12.2. The van der Waals surface area contributed by atoms with Crippen molar-refractivity contribution in [2.24, 2.45) is 0 Å². The number of carbonyl (C=O) groups excluding carboxylic acids is 1. The van der Waals surface area contributed by atoms with Gasteiger partial charge in [0.25, 0.3) is 0 Å². The minimum absolute atomic E-state index is 0.00664. The van der Waals surface area contributed by atoms with Crippen LogP contribution in [0.4, 0.5) is 0 Å². The first-order valence-corrected chi connectivity index (χ1v) is 9.19. The van der Waals surface area contributed by atoms with Gasteiger partial charge >= 0.3 is 0 Å². The molecular weight excluding hydrogens is 363 g/mol. The second kappa shape index (κ2) is 7.51. The van der Waals surface area contributed by atoms with Crippen LogP contribution in [0.2, 0.25) is 10.0 Å². The van der Waals surface area contributed by atoms with E-state index in [9.17, 15) is 4.79 Å². The van der Waals surface area contributed by atoms with Crippen LogP contribution in [0, 0.1) is 0 Å². The summed E-state index contributed by atoms with van der Waals surface area (Å²) >= 11 is 13.6. The predicted octanol–water partition coefficient (Wildman–Crippen LogP) is 5.41. The van der Waals surface area contributed by atoms with Crippen molar-refractivity contribution >= 4 is 50.7 Å². The highest BCUT2D eigenvalue weighted by molar-refractivity contribution is 7.18. The monoisotopic (exact) mass is 378 g/mol. The molecule has 1 aromatic heterocycles. The standard InChI is InChI=1S/C18H16Cl2N2OS/c1-11(12-6-7-13(19)14(20)10-12)21-17(23)8-9-18-22-15-4-2-3-5-16(15)24-18/h2-7,10-11H,8-9H2,1H3,(H,21,23). The van der Waals surface area contributed by atoms with Crippen LogP contribution in [0.5, 0.6) is 0 Å². The fraction of sp³-hybridized carbons (Fsp3) is 0.222. The Balaban J connectivity index is 1.57. The van der Waals surface area contributed by atoms with Crippen LogP contribution in [0.25, 0.3) is 10.2 Å². The molecule has 3 rings (SSSR count). The van der Waals surface area contributed by atoms with Crippen molar-refractivity contribution in [1.82, 2.24) is 10.3 Å². The number of hydrogen-bond donors (Lipinski definition) is 1. The smallest absolute Gasteiger partial charge is 0.220 e. The van der Waals surface area contributed by atoms with E-state index in [1.54, 1.807) is 23.5 Å². The van der Waals surface area contributed by atoms with Gasteiger partial charge in [-0.15, -0.1) is 11.3 Å². The molecule has 6 heteroatoms. The number of aryl methyl sites for hydroxylation is 1. The molecule has 0 saturated carbocycles. The molecule has 1 N–H and O–H groups in total. The highest BCUT2D eigenvalue weighted by Crippen LogP contribution is 2.26. The van der Waals surface area contributed by atoms with Gasteiger partial charge in [0, 0.05) is 12.8 Å². The summed E-state index contributed by atoms with van der Waals surface area (Å²) in [5, 5.41) is 4.96. The van der Waals surface area contributed by atoms with Crippen LogP contribution in [-0.4, -0.2) is 10.9 Å². The lowest BCUT2D eigenvalue weighted by atomic mass is 10.1. The largest absolute Gasteiger partial charge is 0.350 e. The van der Waals surface area contributed by atoms with Crippen molar-refractivity contribution in [2.75, 3.05) is 0 Å². The quantitative estimate of drug-likeness (QED) is 0.644. The van der Waals surface area contributed by atoms with Gasteiger partial charge in [0.05, 0.1) is 31.3 Å². The highest BCUT2D eigenvalue weighted by Gasteiger charge is 2.12. The fourth-order valence-corrected chi connectivity index (χ4v) is 3.70. The van der Waals surface area contributed by atoms with E-state index < -0.39 is 0 Å². The number of amides is 1. The number of halogens is 2. The number of aromatic nitrogens is 1. The number of nitrogens with one attached hydrogen (secondary N) is 1. The van der Waals surface area contributed by atoms with Gasteiger partial charge in [0.15, 0.2) is 0 Å². The molecule has 1 amide bonds. The third kappa shape index (κ3) is 4.07. The first-order valence-electron chi connectivity index (χ1n) is 7.61. The van der Waals surface area contributed by atoms with Crippen molar-refractivity contribution in [1.29, 1.82) is 0 Å². The third-order valence-electron chi connectivity index (χ3n) is 3.73. The Hall–Kier alpha value is -1.62. The zero-order valence-corrected chi connectivity index (χ0v) is 15.4. The molecule has 1 unspecified atom stereocenters. The van der Waals surface area contributed by atoms with E-state index in [4.69, 9.17) is 23.2 Å². The first kappa shape index (κ1) is 17.2. The molecule has 0 spiro atoms. The normalized spacial score (nSPS) is 12.3. The van der Waals surface area contributed by atoms with Gasteiger partial charge in [-0.25, -0.2) is 4.98 Å². The molecule has 0 radical (unpaired) electrons. The van der Waals surface area contributed by atoms with Gasteiger partial charge in [0.2, 0.25) is 5.91 Å². The average molecular weight is 379 g/mol. The highest BCUT2D eigenvalue weighted by atomic mass is 35.5. The Morgan fingerprint density at radius 1 is 1.21 bits per heavy atom. The number of carbonyl (C=O) groups is 1. The molecular formula is C18H16Cl2N2OS. The molecule has 0 saturated heterocycles. The molecule has 3 aromatic rings. The van der Waals surface area contributed by atoms with E-state index in [1.165, 1.54) is 0 Å². The van der Waals surface area contributed by atoms with Crippen molar-refractivity contribution < 1.29 is 4.79 Å². The van der Waals surface area contributed by atoms with Crippen molar-refractivity contribution in [3.05, 3.63) is 63.1 Å². The van der Waals surface area contributed by atoms with E-state index in [1.807, 2.05) is 37.3 Å². The molecule has 1 heterocycles. The Labute approximate surface area is 154 Å². The van der Waals surface area contributed by atoms with Crippen LogP contribution in [0.15, 0.2) is 42.5 Å². The van der Waals surface area contributed by atoms with E-state index in [0.29, 0.717) is 22.9 Å². The second-order valence-electron chi connectivity index (χ2n) is 5.54. The molecule has 0 aliphatic rings. The van der Waals surface area contributed by atoms with E-state index in [-0.39, 0.29) is 11.9 Å². The fourth-order valence-electron chi connectivity index (χ4n) is 2.43. The summed E-state index contributed by atoms with van der Waals surface area (Å²) in [6.45, 7) is 1.93. The molecule has 2 aromatic carbocycles. The zero-order chi connectivity index (χ0) is 17.1. The lowest BCUT2D eigenvalue weighted by Gasteiger charge is -2.14. The SMILES string of the molecule is CC(NC(=O)CCc1nc2ccccc2s1)c1ccc(Cl)c(Cl)c1. The van der Waals surface area contributed by atoms with Crippen LogP contribution >= 0.6 is 34.5 Å². The summed E-state index contributed by atoms with van der Waals surface area (Å²) in [5.41, 5.74) is 1.92. The summed E-state index contributed by atoms with van der Waals surface area (Å²) < 4.78 is 1.15. The molecule has 3 nitrogen and oxygen atoms in total. The molecule has 0 bridgehead atoms. The van der Waals surface area contributed by atoms with Gasteiger partial charge in [-0.2, -0.15) is 0 Å². The molecule has 124 valence electrons. The van der Waals surface area contributed by atoms with E-state index in [0.717, 1.165) is 20.8 Å². The Kier molecular flexibility index (Phi) is 5.39. The predicted molar refractivity (Wildman–Crippen MR) is 101 cm³/mol. The van der Waals surface area contributed by atoms with Crippen LogP contribution in [0.1, 0.15) is 30.0 Å². The van der Waals surface area contributed by atoms with Gasteiger partial charge < -0.3 is 5.32 Å². The minimum Gasteiger partial charge on any atom is -0.350 e. The molecule has 24 heavy (non-hydrogen) atoms. The first-order chi connectivity index (χ1) is 11.5. The van der Waals surface area contributed by atoms with Gasteiger partial charge in [-0.05, 0) is 36.8 Å². The summed E-state index contributed by atoms with van der Waals surface area (Å²) in [7, 11) is 0. The Bertz CT molecular complexity index is 845. The second-order valence-corrected chi connectivity index (χ2v) is 7.47. The van der Waals surface area contributed by atoms with E-state index >= 15 is 0 Å². The third-order valence-corrected chi connectivity index (χ3v) is 5.56. The number of nitrogens with zero attached hydrogens (tertiary/aromatic N) is 1. The Morgan fingerprint density at radius 2 is 2.00 bits per heavy atom. The van der Waals surface area contributed by atoms with Crippen molar-refractivity contribution in [3.8, 4) is 0 Å². The number of rotatable bonds is 5. The van der Waals surface area contributed by atoms with Crippen LogP contribution in [-0.2, 0) is 11.2 Å². The molecule has 0 aliphatic heterocycles. The maximum absolute atomic E-state index is 12.2. The zero-order valence-electron chi connectivity index (χ0n) is 13.1. The van der Waals surface area contributed by atoms with Gasteiger partial charge in [-0.1, -0.05) is 41.4 Å². The van der Waals surface area contributed by atoms with Crippen molar-refractivity contribution in [3.63, 3.8) is 0 Å². The summed E-state index contributed by atoms with van der Waals surface area (Å²) in [4.78, 5) is 16.7. The van der Waals surface area contributed by atoms with Gasteiger partial charge in [0.1, 0.15) is 0 Å². The average Bonchev–Trinajstić information content (AvgIpc) is 2.98. The number of benzene rings is 2. The lowest BCUT2D eigenvalue weighted by Crippen LogP contribution is -2.26. The van der Waals surface area contributed by atoms with E-state index in [2.05, 4.69) is 10.3 Å². The molecule has 0 aliphatic carbocycles. The number of hydrogen-bond acceptors (Lipinski definition) is 3. The van der Waals surface area contributed by atoms with Crippen LogP contribution in [0.3, 0.4) is 0 Å². The number of fused-ring (bicyclic) bond motifs is 1. The number of thiazole rings is 1. The van der Waals surface area contributed by atoms with Crippen LogP contribution < -0.4 is 5.32 Å². The summed E-state index contributed by atoms with van der Waals surface area (Å²) in [6, 6.07) is 13.3. The number of para-hydroxylation sites is 1. The molecule has 0 fully saturated rings. The maximum Gasteiger partial charge on any atom is 0.220 e. The minimum atomic E-state index is -0.123. The summed E-state index contributed by atoms with van der Waals surface area (Å²) in [5.74, 6) is -0.00664. The van der Waals surface area contributed by atoms with Gasteiger partial charge in [-0.3, -0.25) is 4.79 Å². The topological polar surface area (TPSA) is 42.0 Å². The van der Waals surface area contributed by atoms with Crippen molar-refractivity contribution in [2.45, 2.75) is 25.8 Å².